The zero-order valence-corrected chi connectivity index (χ0v) is 14.4. The van der Waals surface area contributed by atoms with Gasteiger partial charge in [-0.2, -0.15) is 5.10 Å². The minimum atomic E-state index is 0.0443. The van der Waals surface area contributed by atoms with Crippen LogP contribution in [0.15, 0.2) is 42.7 Å². The van der Waals surface area contributed by atoms with Gasteiger partial charge < -0.3 is 4.90 Å². The highest BCUT2D eigenvalue weighted by atomic mass is 16.2. The number of amides is 1. The summed E-state index contributed by atoms with van der Waals surface area (Å²) in [4.78, 5) is 19.4. The van der Waals surface area contributed by atoms with Gasteiger partial charge in [-0.25, -0.2) is 0 Å². The summed E-state index contributed by atoms with van der Waals surface area (Å²) < 4.78 is 0. The largest absolute Gasteiger partial charge is 0.337 e. The van der Waals surface area contributed by atoms with Gasteiger partial charge in [-0.1, -0.05) is 24.3 Å². The molecule has 0 spiro atoms. The van der Waals surface area contributed by atoms with Crippen LogP contribution in [-0.2, 0) is 6.42 Å². The van der Waals surface area contributed by atoms with E-state index in [1.165, 1.54) is 11.3 Å². The molecule has 5 nitrogen and oxygen atoms in total. The van der Waals surface area contributed by atoms with E-state index in [1.807, 2.05) is 41.4 Å². The van der Waals surface area contributed by atoms with E-state index >= 15 is 0 Å². The van der Waals surface area contributed by atoms with Crippen LogP contribution in [0.4, 0.5) is 0 Å². The number of H-pyrrole nitrogens is 1. The van der Waals surface area contributed by atoms with Crippen LogP contribution in [-0.4, -0.2) is 39.1 Å². The summed E-state index contributed by atoms with van der Waals surface area (Å²) in [7, 11) is 0. The molecular weight excluding hydrogens is 312 g/mol. The smallest absolute Gasteiger partial charge is 0.273 e. The molecule has 0 radical (unpaired) electrons. The van der Waals surface area contributed by atoms with E-state index in [0.717, 1.165) is 43.1 Å². The Balaban J connectivity index is 1.54. The standard InChI is InChI=1S/C20H22N4O/c1-14-12-22-23-18(14)11-15-5-4-10-24(13-15)20(25)19-17-7-3-2-6-16(17)8-9-21-19/h2-3,6-9,12,15H,4-5,10-11,13H2,1H3,(H,22,23)/t15-/m1/s1. The number of benzene rings is 1. The average molecular weight is 334 g/mol. The van der Waals surface area contributed by atoms with E-state index in [0.29, 0.717) is 11.6 Å². The van der Waals surface area contributed by atoms with E-state index < -0.39 is 0 Å². The van der Waals surface area contributed by atoms with Gasteiger partial charge in [0, 0.05) is 30.4 Å². The monoisotopic (exact) mass is 334 g/mol. The number of carbonyl (C=O) groups is 1. The van der Waals surface area contributed by atoms with Crippen molar-refractivity contribution in [3.63, 3.8) is 0 Å². The molecule has 25 heavy (non-hydrogen) atoms. The molecule has 1 amide bonds. The minimum absolute atomic E-state index is 0.0443. The number of hydrogen-bond donors (Lipinski definition) is 1. The van der Waals surface area contributed by atoms with Gasteiger partial charge in [0.25, 0.3) is 5.91 Å². The Kier molecular flexibility index (Phi) is 4.22. The Labute approximate surface area is 147 Å². The van der Waals surface area contributed by atoms with Gasteiger partial charge in [-0.15, -0.1) is 0 Å². The Morgan fingerprint density at radius 1 is 1.32 bits per heavy atom. The van der Waals surface area contributed by atoms with Crippen molar-refractivity contribution in [1.82, 2.24) is 20.1 Å². The first-order chi connectivity index (χ1) is 12.2. The molecule has 1 saturated heterocycles. The van der Waals surface area contributed by atoms with Gasteiger partial charge in [0.1, 0.15) is 5.69 Å². The first kappa shape index (κ1) is 15.8. The summed E-state index contributed by atoms with van der Waals surface area (Å²) in [6, 6.07) is 9.89. The SMILES string of the molecule is Cc1cn[nH]c1C[C@H]1CCCN(C(=O)c2nccc3ccccc23)C1. The molecule has 0 saturated carbocycles. The maximum Gasteiger partial charge on any atom is 0.273 e. The van der Waals surface area contributed by atoms with Crippen molar-refractivity contribution >= 4 is 16.7 Å². The number of nitrogens with one attached hydrogen (secondary N) is 1. The van der Waals surface area contributed by atoms with Gasteiger partial charge in [-0.05, 0) is 49.1 Å². The van der Waals surface area contributed by atoms with E-state index in [4.69, 9.17) is 0 Å². The first-order valence-corrected chi connectivity index (χ1v) is 8.84. The molecule has 1 N–H and O–H groups in total. The highest BCUT2D eigenvalue weighted by Crippen LogP contribution is 2.24. The van der Waals surface area contributed by atoms with Crippen LogP contribution in [0.5, 0.6) is 0 Å². The third kappa shape index (κ3) is 3.14. The van der Waals surface area contributed by atoms with Crippen LogP contribution in [0.3, 0.4) is 0 Å². The number of aromatic nitrogens is 3. The van der Waals surface area contributed by atoms with Crippen LogP contribution >= 0.6 is 0 Å². The lowest BCUT2D eigenvalue weighted by Gasteiger charge is -2.32. The van der Waals surface area contributed by atoms with Crippen LogP contribution in [0.2, 0.25) is 0 Å². The zero-order chi connectivity index (χ0) is 17.2. The fraction of sp³-hybridized carbons (Fsp3) is 0.350. The van der Waals surface area contributed by atoms with Crippen molar-refractivity contribution in [2.24, 2.45) is 5.92 Å². The summed E-state index contributed by atoms with van der Waals surface area (Å²) in [6.45, 7) is 3.66. The normalized spacial score (nSPS) is 17.8. The van der Waals surface area contributed by atoms with Crippen molar-refractivity contribution in [3.8, 4) is 0 Å². The molecule has 0 bridgehead atoms. The maximum atomic E-state index is 13.1. The average Bonchev–Trinajstić information content (AvgIpc) is 3.05. The number of nitrogens with zero attached hydrogens (tertiary/aromatic N) is 3. The van der Waals surface area contributed by atoms with Gasteiger partial charge >= 0.3 is 0 Å². The molecule has 128 valence electrons. The number of fused-ring (bicyclic) bond motifs is 1. The lowest BCUT2D eigenvalue weighted by molar-refractivity contribution is 0.0669. The first-order valence-electron chi connectivity index (χ1n) is 8.84. The Bertz CT molecular complexity index is 896. The van der Waals surface area contributed by atoms with Crippen molar-refractivity contribution in [1.29, 1.82) is 0 Å². The van der Waals surface area contributed by atoms with Crippen LogP contribution in [0.25, 0.3) is 10.8 Å². The topological polar surface area (TPSA) is 61.9 Å². The number of pyridine rings is 1. The molecule has 1 atom stereocenters. The number of likely N-dealkylation sites (tertiary alicyclic amines) is 1. The summed E-state index contributed by atoms with van der Waals surface area (Å²) in [6.07, 6.45) is 6.71. The van der Waals surface area contributed by atoms with Crippen LogP contribution in [0.1, 0.15) is 34.6 Å². The number of aromatic amines is 1. The summed E-state index contributed by atoms with van der Waals surface area (Å²) in [5.74, 6) is 0.509. The van der Waals surface area contributed by atoms with Crippen molar-refractivity contribution in [2.45, 2.75) is 26.2 Å². The van der Waals surface area contributed by atoms with Crippen molar-refractivity contribution in [2.75, 3.05) is 13.1 Å². The Morgan fingerprint density at radius 3 is 3.04 bits per heavy atom. The molecule has 5 heteroatoms. The highest BCUT2D eigenvalue weighted by molar-refractivity contribution is 6.05. The molecule has 4 rings (SSSR count). The molecule has 3 heterocycles. The molecule has 0 aliphatic carbocycles. The van der Waals surface area contributed by atoms with E-state index in [9.17, 15) is 4.79 Å². The molecule has 1 fully saturated rings. The number of hydrogen-bond acceptors (Lipinski definition) is 3. The van der Waals surface area contributed by atoms with E-state index in [-0.39, 0.29) is 5.91 Å². The predicted octanol–water partition coefficient (Wildman–Crippen LogP) is 3.36. The maximum absolute atomic E-state index is 13.1. The zero-order valence-electron chi connectivity index (χ0n) is 14.4. The molecule has 2 aromatic heterocycles. The fourth-order valence-electron chi connectivity index (χ4n) is 3.72. The second-order valence-electron chi connectivity index (χ2n) is 6.88. The lowest BCUT2D eigenvalue weighted by atomic mass is 9.92. The Morgan fingerprint density at radius 2 is 2.20 bits per heavy atom. The van der Waals surface area contributed by atoms with Gasteiger partial charge in [0.15, 0.2) is 0 Å². The van der Waals surface area contributed by atoms with Crippen molar-refractivity contribution < 1.29 is 4.79 Å². The molecule has 1 aliphatic rings. The highest BCUT2D eigenvalue weighted by Gasteiger charge is 2.26. The minimum Gasteiger partial charge on any atom is -0.337 e. The van der Waals surface area contributed by atoms with E-state index in [1.54, 1.807) is 6.20 Å². The lowest BCUT2D eigenvalue weighted by Crippen LogP contribution is -2.41. The number of piperidine rings is 1. The number of carbonyl (C=O) groups excluding carboxylic acids is 1. The summed E-state index contributed by atoms with van der Waals surface area (Å²) in [5, 5.41) is 9.18. The number of rotatable bonds is 3. The second kappa shape index (κ2) is 6.67. The third-order valence-corrected chi connectivity index (χ3v) is 5.11. The molecule has 3 aromatic rings. The fourth-order valence-corrected chi connectivity index (χ4v) is 3.72. The van der Waals surface area contributed by atoms with Gasteiger partial charge in [0.05, 0.1) is 6.20 Å². The van der Waals surface area contributed by atoms with Crippen molar-refractivity contribution in [3.05, 3.63) is 59.7 Å². The molecule has 1 aliphatic heterocycles. The van der Waals surface area contributed by atoms with Crippen LogP contribution < -0.4 is 0 Å². The predicted molar refractivity (Wildman–Crippen MR) is 97.4 cm³/mol. The second-order valence-corrected chi connectivity index (χ2v) is 6.88. The van der Waals surface area contributed by atoms with Crippen LogP contribution in [0, 0.1) is 12.8 Å². The summed E-state index contributed by atoms with van der Waals surface area (Å²) in [5.41, 5.74) is 2.94. The molecule has 1 aromatic carbocycles. The molecule has 0 unspecified atom stereocenters. The van der Waals surface area contributed by atoms with E-state index in [2.05, 4.69) is 22.1 Å². The Hall–Kier alpha value is -2.69. The molecular formula is C20H22N4O. The van der Waals surface area contributed by atoms with Gasteiger partial charge in [0.2, 0.25) is 0 Å². The quantitative estimate of drug-likeness (QED) is 0.799. The van der Waals surface area contributed by atoms with Gasteiger partial charge in [-0.3, -0.25) is 14.9 Å². The number of aryl methyl sites for hydroxylation is 1. The third-order valence-electron chi connectivity index (χ3n) is 5.11. The summed E-state index contributed by atoms with van der Waals surface area (Å²) >= 11 is 0.